The molecule has 2 rings (SSSR count). The Morgan fingerprint density at radius 1 is 1.00 bits per heavy atom. The van der Waals surface area contributed by atoms with E-state index in [2.05, 4.69) is 17.4 Å². The van der Waals surface area contributed by atoms with Gasteiger partial charge in [0, 0.05) is 5.56 Å². The molecule has 0 saturated heterocycles. The van der Waals surface area contributed by atoms with Crippen LogP contribution in [0.3, 0.4) is 0 Å². The summed E-state index contributed by atoms with van der Waals surface area (Å²) in [4.78, 5) is 12.2. The van der Waals surface area contributed by atoms with Gasteiger partial charge in [0.05, 0.1) is 20.8 Å². The van der Waals surface area contributed by atoms with Gasteiger partial charge in [-0.2, -0.15) is 0 Å². The van der Waals surface area contributed by atoms with Crippen molar-refractivity contribution in [1.82, 2.24) is 5.32 Å². The van der Waals surface area contributed by atoms with Crippen molar-refractivity contribution in [2.75, 3.05) is 27.3 Å². The minimum absolute atomic E-state index is 0.0361. The van der Waals surface area contributed by atoms with Gasteiger partial charge in [-0.15, -0.1) is 0 Å². The number of ether oxygens (including phenoxy) is 2. The van der Waals surface area contributed by atoms with Crippen LogP contribution in [0.5, 0.6) is 11.5 Å². The molecule has 2 aromatic carbocycles. The fraction of sp³-hybridized carbons (Fsp3) is 0.278. The molecule has 0 unspecified atom stereocenters. The maximum absolute atomic E-state index is 12.2. The largest absolute Gasteiger partial charge is 0.493 e. The molecule has 0 aliphatic carbocycles. The molecule has 0 aliphatic rings. The van der Waals surface area contributed by atoms with E-state index in [1.807, 2.05) is 18.2 Å². The number of methoxy groups -OCH3 is 2. The van der Waals surface area contributed by atoms with E-state index in [0.29, 0.717) is 23.6 Å². The van der Waals surface area contributed by atoms with Crippen LogP contribution in [0.2, 0.25) is 0 Å². The Morgan fingerprint density at radius 2 is 1.73 bits per heavy atom. The van der Waals surface area contributed by atoms with Gasteiger partial charge in [0.15, 0.2) is 17.3 Å². The molecule has 0 aliphatic heterocycles. The van der Waals surface area contributed by atoms with Crippen molar-refractivity contribution < 1.29 is 14.3 Å². The average Bonchev–Trinajstić information content (AvgIpc) is 2.58. The summed E-state index contributed by atoms with van der Waals surface area (Å²) in [5.41, 5.74) is 1.87. The molecule has 0 fully saturated rings. The fourth-order valence-electron chi connectivity index (χ4n) is 2.19. The molecule has 4 nitrogen and oxygen atoms in total. The number of rotatable bonds is 8. The Balaban J connectivity index is 1.84. The van der Waals surface area contributed by atoms with Crippen LogP contribution in [0, 0.1) is 0 Å². The highest BCUT2D eigenvalue weighted by Gasteiger charge is 2.10. The standard InChI is InChI=1S/C18H21NO3/c1-21-17-9-8-15(12-18(17)22-2)16(20)13-19-11-10-14-6-4-3-5-7-14/h3-9,12,19H,10-11,13H2,1-2H3. The van der Waals surface area contributed by atoms with Gasteiger partial charge < -0.3 is 14.8 Å². The van der Waals surface area contributed by atoms with E-state index >= 15 is 0 Å². The van der Waals surface area contributed by atoms with E-state index in [-0.39, 0.29) is 5.78 Å². The third-order valence-electron chi connectivity index (χ3n) is 3.42. The minimum Gasteiger partial charge on any atom is -0.493 e. The molecular weight excluding hydrogens is 278 g/mol. The highest BCUT2D eigenvalue weighted by molar-refractivity contribution is 5.98. The van der Waals surface area contributed by atoms with Gasteiger partial charge in [-0.05, 0) is 36.7 Å². The lowest BCUT2D eigenvalue weighted by atomic mass is 10.1. The lowest BCUT2D eigenvalue weighted by molar-refractivity contribution is 0.0991. The molecular formula is C18H21NO3. The van der Waals surface area contributed by atoms with Gasteiger partial charge in [0.1, 0.15) is 0 Å². The average molecular weight is 299 g/mol. The summed E-state index contributed by atoms with van der Waals surface area (Å²) in [6.45, 7) is 1.07. The Bertz CT molecular complexity index is 611. The number of carbonyl (C=O) groups is 1. The number of benzene rings is 2. The molecule has 0 bridgehead atoms. The molecule has 0 saturated carbocycles. The molecule has 0 atom stereocenters. The van der Waals surface area contributed by atoms with E-state index in [9.17, 15) is 4.79 Å². The molecule has 0 aromatic heterocycles. The molecule has 4 heteroatoms. The zero-order chi connectivity index (χ0) is 15.8. The first-order valence-electron chi connectivity index (χ1n) is 7.24. The number of hydrogen-bond donors (Lipinski definition) is 1. The molecule has 2 aromatic rings. The summed E-state index contributed by atoms with van der Waals surface area (Å²) in [5.74, 6) is 1.22. The SMILES string of the molecule is COc1ccc(C(=O)CNCCc2ccccc2)cc1OC. The number of hydrogen-bond acceptors (Lipinski definition) is 4. The monoisotopic (exact) mass is 299 g/mol. The van der Waals surface area contributed by atoms with Gasteiger partial charge in [-0.3, -0.25) is 4.79 Å². The van der Waals surface area contributed by atoms with Crippen molar-refractivity contribution in [2.45, 2.75) is 6.42 Å². The second-order valence-corrected chi connectivity index (χ2v) is 4.91. The molecule has 0 spiro atoms. The van der Waals surface area contributed by atoms with E-state index in [0.717, 1.165) is 13.0 Å². The molecule has 22 heavy (non-hydrogen) atoms. The van der Waals surface area contributed by atoms with Crippen LogP contribution in [-0.2, 0) is 6.42 Å². The van der Waals surface area contributed by atoms with Gasteiger partial charge in [0.2, 0.25) is 0 Å². The summed E-state index contributed by atoms with van der Waals surface area (Å²) in [6, 6.07) is 15.4. The third-order valence-corrected chi connectivity index (χ3v) is 3.42. The Kier molecular flexibility index (Phi) is 5.98. The van der Waals surface area contributed by atoms with Crippen LogP contribution in [0.4, 0.5) is 0 Å². The van der Waals surface area contributed by atoms with E-state index in [4.69, 9.17) is 9.47 Å². The first-order valence-corrected chi connectivity index (χ1v) is 7.24. The lowest BCUT2D eigenvalue weighted by Gasteiger charge is -2.09. The molecule has 116 valence electrons. The van der Waals surface area contributed by atoms with E-state index < -0.39 is 0 Å². The maximum atomic E-state index is 12.2. The highest BCUT2D eigenvalue weighted by atomic mass is 16.5. The number of carbonyl (C=O) groups excluding carboxylic acids is 1. The van der Waals surface area contributed by atoms with Crippen molar-refractivity contribution >= 4 is 5.78 Å². The molecule has 0 amide bonds. The first kappa shape index (κ1) is 16.0. The zero-order valence-electron chi connectivity index (χ0n) is 13.0. The van der Waals surface area contributed by atoms with E-state index in [1.54, 1.807) is 32.4 Å². The summed E-state index contributed by atoms with van der Waals surface area (Å²) < 4.78 is 10.4. The highest BCUT2D eigenvalue weighted by Crippen LogP contribution is 2.27. The number of Topliss-reactive ketones (excluding diaryl/α,β-unsaturated/α-hetero) is 1. The van der Waals surface area contributed by atoms with Crippen molar-refractivity contribution in [3.05, 3.63) is 59.7 Å². The minimum atomic E-state index is 0.0361. The number of nitrogens with one attached hydrogen (secondary N) is 1. The first-order chi connectivity index (χ1) is 10.7. The smallest absolute Gasteiger partial charge is 0.176 e. The topological polar surface area (TPSA) is 47.6 Å². The van der Waals surface area contributed by atoms with Gasteiger partial charge in [-0.25, -0.2) is 0 Å². The van der Waals surface area contributed by atoms with E-state index in [1.165, 1.54) is 5.56 Å². The molecule has 1 N–H and O–H groups in total. The second-order valence-electron chi connectivity index (χ2n) is 4.91. The fourth-order valence-corrected chi connectivity index (χ4v) is 2.19. The normalized spacial score (nSPS) is 10.3. The second kappa shape index (κ2) is 8.20. The Labute approximate surface area is 131 Å². The van der Waals surface area contributed by atoms with Crippen LogP contribution in [0.1, 0.15) is 15.9 Å². The summed E-state index contributed by atoms with van der Waals surface area (Å²) >= 11 is 0. The molecule has 0 heterocycles. The van der Waals surface area contributed by atoms with Crippen LogP contribution >= 0.6 is 0 Å². The predicted molar refractivity (Wildman–Crippen MR) is 86.9 cm³/mol. The Morgan fingerprint density at radius 3 is 2.41 bits per heavy atom. The summed E-state index contributed by atoms with van der Waals surface area (Å²) in [5, 5.41) is 3.18. The summed E-state index contributed by atoms with van der Waals surface area (Å²) in [6.07, 6.45) is 0.903. The van der Waals surface area contributed by atoms with Gasteiger partial charge in [-0.1, -0.05) is 30.3 Å². The predicted octanol–water partition coefficient (Wildman–Crippen LogP) is 2.72. The maximum Gasteiger partial charge on any atom is 0.176 e. The van der Waals surface area contributed by atoms with Crippen LogP contribution in [-0.4, -0.2) is 33.1 Å². The van der Waals surface area contributed by atoms with Crippen molar-refractivity contribution in [3.8, 4) is 11.5 Å². The van der Waals surface area contributed by atoms with Crippen molar-refractivity contribution in [2.24, 2.45) is 0 Å². The van der Waals surface area contributed by atoms with Crippen LogP contribution in [0.15, 0.2) is 48.5 Å². The Hall–Kier alpha value is -2.33. The lowest BCUT2D eigenvalue weighted by Crippen LogP contribution is -2.25. The van der Waals surface area contributed by atoms with Crippen LogP contribution < -0.4 is 14.8 Å². The van der Waals surface area contributed by atoms with Crippen molar-refractivity contribution in [1.29, 1.82) is 0 Å². The third kappa shape index (κ3) is 4.33. The van der Waals surface area contributed by atoms with Gasteiger partial charge in [0.25, 0.3) is 0 Å². The van der Waals surface area contributed by atoms with Crippen molar-refractivity contribution in [3.63, 3.8) is 0 Å². The summed E-state index contributed by atoms with van der Waals surface area (Å²) in [7, 11) is 3.13. The van der Waals surface area contributed by atoms with Crippen LogP contribution in [0.25, 0.3) is 0 Å². The quantitative estimate of drug-likeness (QED) is 0.601. The number of ketones is 1. The zero-order valence-corrected chi connectivity index (χ0v) is 13.0. The molecule has 0 radical (unpaired) electrons. The van der Waals surface area contributed by atoms with Gasteiger partial charge >= 0.3 is 0 Å².